The van der Waals surface area contributed by atoms with Crippen molar-refractivity contribution >= 4 is 47.8 Å². The Morgan fingerprint density at radius 1 is 0.586 bits per heavy atom. The van der Waals surface area contributed by atoms with Crippen molar-refractivity contribution in [3.05, 3.63) is 21.1 Å². The van der Waals surface area contributed by atoms with Crippen molar-refractivity contribution in [2.24, 2.45) is 0 Å². The summed E-state index contributed by atoms with van der Waals surface area (Å²) in [6, 6.07) is 4.03. The predicted molar refractivity (Wildman–Crippen MR) is 137 cm³/mol. The highest BCUT2D eigenvalue weighted by molar-refractivity contribution is 9.11. The van der Waals surface area contributed by atoms with Crippen molar-refractivity contribution < 1.29 is 9.47 Å². The van der Waals surface area contributed by atoms with Crippen LogP contribution in [0.15, 0.2) is 21.1 Å². The molecule has 1 aromatic carbocycles. The number of halogens is 3. The van der Waals surface area contributed by atoms with Crippen molar-refractivity contribution in [1.82, 2.24) is 0 Å². The number of rotatable bonds is 19. The van der Waals surface area contributed by atoms with Crippen LogP contribution in [0.2, 0.25) is 0 Å². The molecule has 0 saturated heterocycles. The van der Waals surface area contributed by atoms with Gasteiger partial charge in [-0.3, -0.25) is 0 Å². The summed E-state index contributed by atoms with van der Waals surface area (Å²) in [6.45, 7) is 3.76. The molecule has 2 nitrogen and oxygen atoms in total. The van der Waals surface area contributed by atoms with Crippen molar-refractivity contribution in [3.63, 3.8) is 0 Å². The second kappa shape index (κ2) is 19.0. The Hall–Kier alpha value is 0.260. The Balaban J connectivity index is 2.11. The molecule has 5 heteroatoms. The molecular weight excluding hydrogens is 560 g/mol. The van der Waals surface area contributed by atoms with Gasteiger partial charge in [-0.25, -0.2) is 0 Å². The maximum Gasteiger partial charge on any atom is 0.134 e. The number of hydrogen-bond acceptors (Lipinski definition) is 2. The largest absolute Gasteiger partial charge is 0.492 e. The highest BCUT2D eigenvalue weighted by atomic mass is 79.9. The fourth-order valence-electron chi connectivity index (χ4n) is 3.24. The van der Waals surface area contributed by atoms with E-state index in [2.05, 4.69) is 54.7 Å². The van der Waals surface area contributed by atoms with Crippen LogP contribution in [-0.4, -0.2) is 18.5 Å². The Labute approximate surface area is 204 Å². The Bertz CT molecular complexity index is 523. The standard InChI is InChI=1S/C24H39Br3O2/c1-2-3-4-14-17-28-23-19-22(27)24(20-21(23)26)29-18-15-12-10-8-6-5-7-9-11-13-16-25/h19-20H,2-18H2,1H3. The molecule has 0 N–H and O–H groups in total. The third-order valence-corrected chi connectivity index (χ3v) is 6.83. The summed E-state index contributed by atoms with van der Waals surface area (Å²) in [4.78, 5) is 0. The molecule has 0 aliphatic carbocycles. The number of unbranched alkanes of at least 4 members (excludes halogenated alkanes) is 12. The summed E-state index contributed by atoms with van der Waals surface area (Å²) in [6.07, 6.45) is 18.2. The van der Waals surface area contributed by atoms with Gasteiger partial charge in [0, 0.05) is 5.33 Å². The molecule has 1 aromatic rings. The molecule has 0 aromatic heterocycles. The first-order valence-electron chi connectivity index (χ1n) is 11.5. The van der Waals surface area contributed by atoms with Crippen LogP contribution in [0.25, 0.3) is 0 Å². The average Bonchev–Trinajstić information content (AvgIpc) is 2.71. The van der Waals surface area contributed by atoms with Crippen molar-refractivity contribution in [1.29, 1.82) is 0 Å². The molecule has 0 amide bonds. The van der Waals surface area contributed by atoms with Gasteiger partial charge in [-0.15, -0.1) is 0 Å². The molecule has 0 heterocycles. The summed E-state index contributed by atoms with van der Waals surface area (Å²) in [5, 5.41) is 1.15. The van der Waals surface area contributed by atoms with Gasteiger partial charge in [0.05, 0.1) is 22.2 Å². The first kappa shape index (κ1) is 27.3. The summed E-state index contributed by atoms with van der Waals surface area (Å²) in [5.41, 5.74) is 0. The van der Waals surface area contributed by atoms with Crippen molar-refractivity contribution in [3.8, 4) is 11.5 Å². The molecule has 0 radical (unpaired) electrons. The molecule has 0 aliphatic heterocycles. The van der Waals surface area contributed by atoms with E-state index in [0.717, 1.165) is 51.8 Å². The highest BCUT2D eigenvalue weighted by Gasteiger charge is 2.09. The number of alkyl halides is 1. The molecule has 0 spiro atoms. The first-order chi connectivity index (χ1) is 14.2. The van der Waals surface area contributed by atoms with Crippen LogP contribution in [0.4, 0.5) is 0 Å². The normalized spacial score (nSPS) is 11.0. The van der Waals surface area contributed by atoms with E-state index in [-0.39, 0.29) is 0 Å². The van der Waals surface area contributed by atoms with Gasteiger partial charge in [-0.2, -0.15) is 0 Å². The smallest absolute Gasteiger partial charge is 0.134 e. The van der Waals surface area contributed by atoms with E-state index in [1.165, 1.54) is 77.0 Å². The number of hydrogen-bond donors (Lipinski definition) is 0. The third-order valence-electron chi connectivity index (χ3n) is 5.03. The molecule has 0 saturated carbocycles. The Morgan fingerprint density at radius 2 is 0.966 bits per heavy atom. The molecular formula is C24H39Br3O2. The Kier molecular flexibility index (Phi) is 17.9. The van der Waals surface area contributed by atoms with E-state index < -0.39 is 0 Å². The van der Waals surface area contributed by atoms with Gasteiger partial charge in [0.2, 0.25) is 0 Å². The van der Waals surface area contributed by atoms with E-state index in [1.54, 1.807) is 0 Å². The number of benzene rings is 1. The van der Waals surface area contributed by atoms with Crippen molar-refractivity contribution in [2.75, 3.05) is 18.5 Å². The lowest BCUT2D eigenvalue weighted by atomic mass is 10.1. The predicted octanol–water partition coefficient (Wildman–Crippen LogP) is 9.85. The van der Waals surface area contributed by atoms with Crippen molar-refractivity contribution in [2.45, 2.75) is 96.8 Å². The summed E-state index contributed by atoms with van der Waals surface area (Å²) in [5.74, 6) is 1.77. The molecule has 0 atom stereocenters. The molecule has 0 bridgehead atoms. The van der Waals surface area contributed by atoms with Gasteiger partial charge < -0.3 is 9.47 Å². The zero-order valence-electron chi connectivity index (χ0n) is 18.1. The maximum atomic E-state index is 5.98. The summed E-state index contributed by atoms with van der Waals surface area (Å²) in [7, 11) is 0. The van der Waals surface area contributed by atoms with Crippen LogP contribution in [0, 0.1) is 0 Å². The van der Waals surface area contributed by atoms with E-state index in [0.29, 0.717) is 0 Å². The molecule has 0 aliphatic rings. The van der Waals surface area contributed by atoms with Gasteiger partial charge >= 0.3 is 0 Å². The molecule has 0 unspecified atom stereocenters. The lowest BCUT2D eigenvalue weighted by molar-refractivity contribution is 0.293. The molecule has 29 heavy (non-hydrogen) atoms. The number of ether oxygens (including phenoxy) is 2. The van der Waals surface area contributed by atoms with E-state index >= 15 is 0 Å². The summed E-state index contributed by atoms with van der Waals surface area (Å²) < 4.78 is 13.8. The highest BCUT2D eigenvalue weighted by Crippen LogP contribution is 2.36. The van der Waals surface area contributed by atoms with Crippen LogP contribution < -0.4 is 9.47 Å². The quantitative estimate of drug-likeness (QED) is 0.116. The van der Waals surface area contributed by atoms with E-state index in [4.69, 9.17) is 9.47 Å². The average molecular weight is 599 g/mol. The maximum absolute atomic E-state index is 5.98. The minimum Gasteiger partial charge on any atom is -0.492 e. The SMILES string of the molecule is CCCCCCOc1cc(Br)c(OCCCCCCCCCCCCBr)cc1Br. The van der Waals surface area contributed by atoms with Gasteiger partial charge in [0.1, 0.15) is 11.5 Å². The summed E-state index contributed by atoms with van der Waals surface area (Å²) >= 11 is 10.7. The monoisotopic (exact) mass is 596 g/mol. The van der Waals surface area contributed by atoms with Crippen LogP contribution in [-0.2, 0) is 0 Å². The first-order valence-corrected chi connectivity index (χ1v) is 14.2. The fourth-order valence-corrected chi connectivity index (χ4v) is 4.51. The second-order valence-corrected chi connectivity index (χ2v) is 10.2. The van der Waals surface area contributed by atoms with E-state index in [9.17, 15) is 0 Å². The fraction of sp³-hybridized carbons (Fsp3) is 0.750. The van der Waals surface area contributed by atoms with E-state index in [1.807, 2.05) is 12.1 Å². The molecule has 168 valence electrons. The third kappa shape index (κ3) is 14.0. The lowest BCUT2D eigenvalue weighted by Crippen LogP contribution is -2.01. The topological polar surface area (TPSA) is 18.5 Å². The van der Waals surface area contributed by atoms with Gasteiger partial charge in [-0.1, -0.05) is 93.5 Å². The molecule has 0 fully saturated rings. The zero-order chi connectivity index (χ0) is 21.2. The minimum absolute atomic E-state index is 0.766. The molecule has 1 rings (SSSR count). The van der Waals surface area contributed by atoms with Gasteiger partial charge in [-0.05, 0) is 63.3 Å². The Morgan fingerprint density at radius 3 is 1.38 bits per heavy atom. The van der Waals surface area contributed by atoms with Crippen LogP contribution in [0.5, 0.6) is 11.5 Å². The van der Waals surface area contributed by atoms with Crippen LogP contribution in [0.3, 0.4) is 0 Å². The van der Waals surface area contributed by atoms with Crippen LogP contribution >= 0.6 is 47.8 Å². The zero-order valence-corrected chi connectivity index (χ0v) is 22.9. The second-order valence-electron chi connectivity index (χ2n) is 7.70. The lowest BCUT2D eigenvalue weighted by Gasteiger charge is -2.13. The van der Waals surface area contributed by atoms with Gasteiger partial charge in [0.15, 0.2) is 0 Å². The minimum atomic E-state index is 0.766. The van der Waals surface area contributed by atoms with Crippen LogP contribution in [0.1, 0.15) is 96.8 Å². The van der Waals surface area contributed by atoms with Gasteiger partial charge in [0.25, 0.3) is 0 Å².